The van der Waals surface area contributed by atoms with E-state index < -0.39 is 0 Å². The van der Waals surface area contributed by atoms with Crippen molar-refractivity contribution in [2.45, 2.75) is 26.2 Å². The van der Waals surface area contributed by atoms with Crippen molar-refractivity contribution in [2.24, 2.45) is 0 Å². The molecule has 0 unspecified atom stereocenters. The third kappa shape index (κ3) is 1.67. The van der Waals surface area contributed by atoms with Crippen molar-refractivity contribution < 1.29 is 0 Å². The van der Waals surface area contributed by atoms with Gasteiger partial charge < -0.3 is 5.32 Å². The molecule has 1 aliphatic carbocycles. The molecule has 0 atom stereocenters. The number of hydrogen-bond acceptors (Lipinski definition) is 4. The molecule has 0 spiro atoms. The Morgan fingerprint density at radius 3 is 3.12 bits per heavy atom. The van der Waals surface area contributed by atoms with Gasteiger partial charge in [-0.2, -0.15) is 0 Å². The minimum atomic E-state index is 0.510. The van der Waals surface area contributed by atoms with Crippen LogP contribution in [0.2, 0.25) is 0 Å². The maximum atomic E-state index is 5.29. The van der Waals surface area contributed by atoms with Gasteiger partial charge in [0.1, 0.15) is 16.5 Å². The molecule has 17 heavy (non-hydrogen) atoms. The quantitative estimate of drug-likeness (QED) is 0.824. The maximum absolute atomic E-state index is 5.29. The first kappa shape index (κ1) is 10.5. The van der Waals surface area contributed by atoms with E-state index in [9.17, 15) is 0 Å². The molecule has 2 aromatic rings. The highest BCUT2D eigenvalue weighted by molar-refractivity contribution is 7.19. The SMILES string of the molecule is C#CCNc1nc(C)nc2sc3c(c12)CCC3. The number of aryl methyl sites for hydroxylation is 3. The van der Waals surface area contributed by atoms with Gasteiger partial charge in [0.25, 0.3) is 0 Å². The molecule has 2 aromatic heterocycles. The zero-order valence-electron chi connectivity index (χ0n) is 9.71. The molecular formula is C13H13N3S. The van der Waals surface area contributed by atoms with Gasteiger partial charge in [-0.05, 0) is 31.7 Å². The average molecular weight is 243 g/mol. The highest BCUT2D eigenvalue weighted by Gasteiger charge is 2.21. The van der Waals surface area contributed by atoms with Crippen molar-refractivity contribution >= 4 is 27.4 Å². The molecule has 0 aromatic carbocycles. The summed E-state index contributed by atoms with van der Waals surface area (Å²) in [6, 6.07) is 0. The predicted molar refractivity (Wildman–Crippen MR) is 71.5 cm³/mol. The van der Waals surface area contributed by atoms with Gasteiger partial charge in [0.05, 0.1) is 11.9 Å². The summed E-state index contributed by atoms with van der Waals surface area (Å²) in [5.41, 5.74) is 1.43. The van der Waals surface area contributed by atoms with E-state index in [0.717, 1.165) is 22.9 Å². The average Bonchev–Trinajstić information content (AvgIpc) is 2.84. The lowest BCUT2D eigenvalue weighted by molar-refractivity contribution is 0.916. The summed E-state index contributed by atoms with van der Waals surface area (Å²) in [7, 11) is 0. The monoisotopic (exact) mass is 243 g/mol. The summed E-state index contributed by atoms with van der Waals surface area (Å²) in [4.78, 5) is 11.6. The van der Waals surface area contributed by atoms with Gasteiger partial charge in [-0.25, -0.2) is 9.97 Å². The van der Waals surface area contributed by atoms with Gasteiger partial charge in [-0.15, -0.1) is 17.8 Å². The highest BCUT2D eigenvalue weighted by Crippen LogP contribution is 2.39. The largest absolute Gasteiger partial charge is 0.358 e. The minimum Gasteiger partial charge on any atom is -0.358 e. The summed E-state index contributed by atoms with van der Waals surface area (Å²) in [5.74, 6) is 4.30. The summed E-state index contributed by atoms with van der Waals surface area (Å²) in [6.07, 6.45) is 8.87. The Hall–Kier alpha value is -1.60. The molecule has 3 rings (SSSR count). The highest BCUT2D eigenvalue weighted by atomic mass is 32.1. The molecule has 4 heteroatoms. The second-order valence-corrected chi connectivity index (χ2v) is 5.30. The van der Waals surface area contributed by atoms with E-state index in [-0.39, 0.29) is 0 Å². The fraction of sp³-hybridized carbons (Fsp3) is 0.385. The van der Waals surface area contributed by atoms with Crippen LogP contribution in [-0.2, 0) is 12.8 Å². The van der Waals surface area contributed by atoms with Crippen molar-refractivity contribution in [3.63, 3.8) is 0 Å². The molecule has 0 saturated heterocycles. The maximum Gasteiger partial charge on any atom is 0.139 e. The Kier molecular flexibility index (Phi) is 2.49. The van der Waals surface area contributed by atoms with E-state index >= 15 is 0 Å². The lowest BCUT2D eigenvalue weighted by Gasteiger charge is -2.05. The molecule has 3 nitrogen and oxygen atoms in total. The molecular weight excluding hydrogens is 230 g/mol. The molecule has 0 fully saturated rings. The summed E-state index contributed by atoms with van der Waals surface area (Å²) in [5, 5.41) is 4.41. The second kappa shape index (κ2) is 4.01. The first-order valence-electron chi connectivity index (χ1n) is 5.76. The smallest absolute Gasteiger partial charge is 0.139 e. The van der Waals surface area contributed by atoms with Gasteiger partial charge in [0.15, 0.2) is 0 Å². The van der Waals surface area contributed by atoms with Crippen molar-refractivity contribution in [1.82, 2.24) is 9.97 Å². The summed E-state index contributed by atoms with van der Waals surface area (Å²) < 4.78 is 0. The summed E-state index contributed by atoms with van der Waals surface area (Å²) >= 11 is 1.81. The van der Waals surface area contributed by atoms with Crippen LogP contribution in [0.3, 0.4) is 0 Å². The second-order valence-electron chi connectivity index (χ2n) is 4.21. The van der Waals surface area contributed by atoms with Crippen LogP contribution in [0.15, 0.2) is 0 Å². The standard InChI is InChI=1S/C13H13N3S/c1-3-7-14-12-11-9-5-4-6-10(9)17-13(11)16-8(2)15-12/h1H,4-7H2,2H3,(H,14,15,16). The van der Waals surface area contributed by atoms with Gasteiger partial charge >= 0.3 is 0 Å². The van der Waals surface area contributed by atoms with Crippen LogP contribution in [0.5, 0.6) is 0 Å². The van der Waals surface area contributed by atoms with Crippen molar-refractivity contribution in [1.29, 1.82) is 0 Å². The molecule has 0 radical (unpaired) electrons. The zero-order chi connectivity index (χ0) is 11.8. The Bertz CT molecular complexity index is 622. The number of anilines is 1. The third-order valence-electron chi connectivity index (χ3n) is 3.03. The molecule has 0 aliphatic heterocycles. The van der Waals surface area contributed by atoms with Crippen LogP contribution >= 0.6 is 11.3 Å². The Morgan fingerprint density at radius 1 is 1.41 bits per heavy atom. The number of nitrogens with one attached hydrogen (secondary N) is 1. The number of fused-ring (bicyclic) bond motifs is 3. The van der Waals surface area contributed by atoms with E-state index in [2.05, 4.69) is 21.2 Å². The number of terminal acetylenes is 1. The van der Waals surface area contributed by atoms with Crippen molar-refractivity contribution in [3.8, 4) is 12.3 Å². The third-order valence-corrected chi connectivity index (χ3v) is 4.22. The number of hydrogen-bond donors (Lipinski definition) is 1. The Morgan fingerprint density at radius 2 is 2.29 bits per heavy atom. The molecule has 2 heterocycles. The number of nitrogens with zero attached hydrogens (tertiary/aromatic N) is 2. The first-order chi connectivity index (χ1) is 8.29. The minimum absolute atomic E-state index is 0.510. The molecule has 0 saturated carbocycles. The summed E-state index contributed by atoms with van der Waals surface area (Å²) in [6.45, 7) is 2.43. The topological polar surface area (TPSA) is 37.8 Å². The van der Waals surface area contributed by atoms with Gasteiger partial charge in [-0.3, -0.25) is 0 Å². The fourth-order valence-electron chi connectivity index (χ4n) is 2.37. The van der Waals surface area contributed by atoms with Crippen LogP contribution in [-0.4, -0.2) is 16.5 Å². The fourth-order valence-corrected chi connectivity index (χ4v) is 3.67. The van der Waals surface area contributed by atoms with Crippen molar-refractivity contribution in [3.05, 3.63) is 16.3 Å². The number of aromatic nitrogens is 2. The molecule has 1 N–H and O–H groups in total. The molecule has 86 valence electrons. The van der Waals surface area contributed by atoms with E-state index in [1.54, 1.807) is 11.3 Å². The van der Waals surface area contributed by atoms with E-state index in [1.807, 2.05) is 6.92 Å². The lowest BCUT2D eigenvalue weighted by Crippen LogP contribution is -2.03. The zero-order valence-corrected chi connectivity index (χ0v) is 10.5. The van der Waals surface area contributed by atoms with Gasteiger partial charge in [-0.1, -0.05) is 5.92 Å². The Balaban J connectivity index is 2.21. The van der Waals surface area contributed by atoms with E-state index in [1.165, 1.54) is 28.7 Å². The van der Waals surface area contributed by atoms with Gasteiger partial charge in [0.2, 0.25) is 0 Å². The predicted octanol–water partition coefficient (Wildman–Crippen LogP) is 2.53. The van der Waals surface area contributed by atoms with Crippen LogP contribution < -0.4 is 5.32 Å². The number of thiophene rings is 1. The van der Waals surface area contributed by atoms with Crippen LogP contribution in [0.25, 0.3) is 10.2 Å². The number of rotatable bonds is 2. The molecule has 1 aliphatic rings. The normalized spacial score (nSPS) is 13.6. The van der Waals surface area contributed by atoms with Gasteiger partial charge in [0, 0.05) is 4.88 Å². The van der Waals surface area contributed by atoms with Crippen molar-refractivity contribution in [2.75, 3.05) is 11.9 Å². The van der Waals surface area contributed by atoms with E-state index in [4.69, 9.17) is 6.42 Å². The van der Waals surface area contributed by atoms with Crippen LogP contribution in [0.4, 0.5) is 5.82 Å². The molecule has 0 amide bonds. The van der Waals surface area contributed by atoms with E-state index in [0.29, 0.717) is 6.54 Å². The van der Waals surface area contributed by atoms with Crippen LogP contribution in [0, 0.1) is 19.3 Å². The molecule has 0 bridgehead atoms. The van der Waals surface area contributed by atoms with Crippen LogP contribution in [0.1, 0.15) is 22.7 Å². The lowest BCUT2D eigenvalue weighted by atomic mass is 10.2. The first-order valence-corrected chi connectivity index (χ1v) is 6.57. The Labute approximate surface area is 104 Å².